The molecule has 6 rings (SSSR count). The van der Waals surface area contributed by atoms with Gasteiger partial charge in [0.2, 0.25) is 0 Å². The quantitative estimate of drug-likeness (QED) is 0.257. The summed E-state index contributed by atoms with van der Waals surface area (Å²) in [5, 5.41) is 24.2. The number of likely N-dealkylation sites (tertiary alicyclic amines) is 1. The predicted octanol–water partition coefficient (Wildman–Crippen LogP) is 7.06. The summed E-state index contributed by atoms with van der Waals surface area (Å²) >= 11 is 0. The van der Waals surface area contributed by atoms with Gasteiger partial charge in [-0.1, -0.05) is 37.1 Å². The van der Waals surface area contributed by atoms with Gasteiger partial charge in [0.05, 0.1) is 0 Å². The molecule has 1 aliphatic heterocycles. The Morgan fingerprint density at radius 1 is 0.825 bits per heavy atom. The van der Waals surface area contributed by atoms with E-state index in [4.69, 9.17) is 4.74 Å². The number of hydrogen-bond acceptors (Lipinski definition) is 5. The van der Waals surface area contributed by atoms with E-state index in [0.29, 0.717) is 29.4 Å². The van der Waals surface area contributed by atoms with E-state index in [1.807, 2.05) is 18.2 Å². The highest BCUT2D eigenvalue weighted by Gasteiger charge is 2.32. The summed E-state index contributed by atoms with van der Waals surface area (Å²) in [4.78, 5) is 2.54. The van der Waals surface area contributed by atoms with Gasteiger partial charge in [-0.2, -0.15) is 0 Å². The number of ether oxygens (including phenoxy) is 1. The third-order valence-electron chi connectivity index (χ3n) is 9.18. The number of phenolic OH excluding ortho intramolecular Hbond substituents is 2. The number of rotatable bonds is 10. The van der Waals surface area contributed by atoms with E-state index in [-0.39, 0.29) is 0 Å². The van der Waals surface area contributed by atoms with Crippen LogP contribution in [0, 0.1) is 5.92 Å². The fourth-order valence-electron chi connectivity index (χ4n) is 6.69. The van der Waals surface area contributed by atoms with E-state index < -0.39 is 0 Å². The zero-order chi connectivity index (χ0) is 27.3. The minimum absolute atomic E-state index is 0.309. The van der Waals surface area contributed by atoms with Crippen molar-refractivity contribution in [2.24, 2.45) is 5.92 Å². The Bertz CT molecular complexity index is 1260. The van der Waals surface area contributed by atoms with Crippen molar-refractivity contribution >= 4 is 5.69 Å². The van der Waals surface area contributed by atoms with E-state index in [9.17, 15) is 10.2 Å². The van der Waals surface area contributed by atoms with Crippen molar-refractivity contribution in [1.29, 1.82) is 0 Å². The number of anilines is 1. The summed E-state index contributed by atoms with van der Waals surface area (Å²) in [6, 6.07) is 20.6. The molecular formula is C35H44N2O3. The maximum Gasteiger partial charge on any atom is 0.119 e. The summed E-state index contributed by atoms with van der Waals surface area (Å²) in [6.45, 7) is 4.17. The van der Waals surface area contributed by atoms with Crippen molar-refractivity contribution in [3.63, 3.8) is 0 Å². The van der Waals surface area contributed by atoms with Gasteiger partial charge in [-0.3, -0.25) is 4.90 Å². The van der Waals surface area contributed by atoms with E-state index in [0.717, 1.165) is 50.3 Å². The molecule has 1 saturated heterocycles. The third kappa shape index (κ3) is 6.93. The van der Waals surface area contributed by atoms with E-state index in [1.165, 1.54) is 73.9 Å². The van der Waals surface area contributed by atoms with Crippen LogP contribution >= 0.6 is 0 Å². The number of nitrogens with zero attached hydrogens (tertiary/aromatic N) is 1. The zero-order valence-electron chi connectivity index (χ0n) is 23.7. The normalized spacial score (nSPS) is 20.4. The second-order valence-electron chi connectivity index (χ2n) is 12.2. The summed E-state index contributed by atoms with van der Waals surface area (Å²) in [5.74, 6) is 2.67. The molecule has 2 unspecified atom stereocenters. The van der Waals surface area contributed by atoms with Crippen LogP contribution in [0.1, 0.15) is 73.1 Å². The molecule has 0 radical (unpaired) electrons. The maximum atomic E-state index is 10.4. The lowest BCUT2D eigenvalue weighted by Gasteiger charge is -2.29. The van der Waals surface area contributed by atoms with Crippen molar-refractivity contribution in [2.75, 3.05) is 31.6 Å². The molecule has 1 saturated carbocycles. The molecule has 2 fully saturated rings. The van der Waals surface area contributed by atoms with Crippen molar-refractivity contribution < 1.29 is 14.9 Å². The zero-order valence-corrected chi connectivity index (χ0v) is 23.7. The highest BCUT2D eigenvalue weighted by molar-refractivity contribution is 5.58. The Balaban J connectivity index is 1.09. The molecule has 0 aromatic heterocycles. The summed E-state index contributed by atoms with van der Waals surface area (Å²) in [7, 11) is 0. The smallest absolute Gasteiger partial charge is 0.119 e. The second-order valence-corrected chi connectivity index (χ2v) is 12.2. The number of hydrogen-bond donors (Lipinski definition) is 3. The monoisotopic (exact) mass is 540 g/mol. The highest BCUT2D eigenvalue weighted by atomic mass is 16.5. The molecule has 5 nitrogen and oxygen atoms in total. The first-order valence-corrected chi connectivity index (χ1v) is 15.4. The number of fused-ring (bicyclic) bond motifs is 1. The van der Waals surface area contributed by atoms with Crippen LogP contribution in [0.3, 0.4) is 0 Å². The van der Waals surface area contributed by atoms with Crippen molar-refractivity contribution in [1.82, 2.24) is 4.90 Å². The van der Waals surface area contributed by atoms with Gasteiger partial charge in [0.1, 0.15) is 23.9 Å². The highest BCUT2D eigenvalue weighted by Crippen LogP contribution is 2.41. The molecule has 3 aliphatic rings. The second kappa shape index (κ2) is 12.6. The molecule has 40 heavy (non-hydrogen) atoms. The van der Waals surface area contributed by atoms with Crippen molar-refractivity contribution in [2.45, 2.75) is 76.2 Å². The van der Waals surface area contributed by atoms with Crippen LogP contribution in [0.15, 0.2) is 60.7 Å². The van der Waals surface area contributed by atoms with Crippen LogP contribution < -0.4 is 10.1 Å². The van der Waals surface area contributed by atoms with Crippen LogP contribution in [0.5, 0.6) is 17.2 Å². The lowest BCUT2D eigenvalue weighted by molar-refractivity contribution is 0.214. The van der Waals surface area contributed by atoms with Crippen LogP contribution in [0.25, 0.3) is 0 Å². The number of aromatic hydroxyl groups is 2. The van der Waals surface area contributed by atoms with Crippen LogP contribution in [-0.4, -0.2) is 47.4 Å². The Morgan fingerprint density at radius 3 is 2.35 bits per heavy atom. The van der Waals surface area contributed by atoms with Gasteiger partial charge in [0, 0.05) is 24.3 Å². The number of nitrogens with one attached hydrogen (secondary N) is 1. The molecule has 3 N–H and O–H groups in total. The Kier molecular flexibility index (Phi) is 8.48. The first-order valence-electron chi connectivity index (χ1n) is 15.4. The Hall–Kier alpha value is -3.18. The van der Waals surface area contributed by atoms with Crippen molar-refractivity contribution in [3.05, 3.63) is 82.9 Å². The van der Waals surface area contributed by atoms with Crippen LogP contribution in [-0.2, 0) is 19.3 Å². The minimum Gasteiger partial charge on any atom is -0.508 e. The van der Waals surface area contributed by atoms with Crippen molar-refractivity contribution in [3.8, 4) is 17.2 Å². The molecule has 5 heteroatoms. The fraction of sp³-hybridized carbons (Fsp3) is 0.486. The maximum absolute atomic E-state index is 10.4. The molecular weight excluding hydrogens is 496 g/mol. The third-order valence-corrected chi connectivity index (χ3v) is 9.18. The average Bonchev–Trinajstić information content (AvgIpc) is 3.82. The largest absolute Gasteiger partial charge is 0.508 e. The van der Waals surface area contributed by atoms with E-state index >= 15 is 0 Å². The Labute approximate surface area is 239 Å². The van der Waals surface area contributed by atoms with Gasteiger partial charge in [-0.05, 0) is 129 Å². The van der Waals surface area contributed by atoms with E-state index in [2.05, 4.69) is 46.6 Å². The first-order chi connectivity index (χ1) is 19.6. The molecule has 0 bridgehead atoms. The average molecular weight is 541 g/mol. The van der Waals surface area contributed by atoms with Gasteiger partial charge in [-0.15, -0.1) is 0 Å². The first kappa shape index (κ1) is 27.0. The number of aryl methyl sites for hydroxylation is 1. The standard InChI is InChI=1S/C35H44N2O3/c38-30-12-11-27-22-29(10-9-28(27)23-30)33-16-13-31(39)24-35(33)36-34(26-7-8-26)21-25-5-14-32(15-6-25)40-20-19-37-17-3-1-2-4-18-37/h5-6,11-16,23-24,26,29,34,36,38-39H,1-4,7-10,17-22H2. The Morgan fingerprint density at radius 2 is 1.57 bits per heavy atom. The molecule has 0 amide bonds. The summed E-state index contributed by atoms with van der Waals surface area (Å²) in [5.41, 5.74) is 6.25. The van der Waals surface area contributed by atoms with Gasteiger partial charge >= 0.3 is 0 Å². The SMILES string of the molecule is Oc1ccc2c(c1)CCC(c1ccc(O)cc1NC(Cc1ccc(OCCN3CCCCCC3)cc1)C1CC1)C2. The fourth-order valence-corrected chi connectivity index (χ4v) is 6.69. The van der Waals surface area contributed by atoms with Gasteiger partial charge < -0.3 is 20.3 Å². The molecule has 3 aromatic carbocycles. The summed E-state index contributed by atoms with van der Waals surface area (Å²) in [6.07, 6.45) is 11.8. The molecule has 212 valence electrons. The molecule has 1 heterocycles. The van der Waals surface area contributed by atoms with E-state index in [1.54, 1.807) is 6.07 Å². The number of phenols is 2. The minimum atomic E-state index is 0.309. The summed E-state index contributed by atoms with van der Waals surface area (Å²) < 4.78 is 6.09. The van der Waals surface area contributed by atoms with Crippen LogP contribution in [0.4, 0.5) is 5.69 Å². The lowest BCUT2D eigenvalue weighted by atomic mass is 9.79. The van der Waals surface area contributed by atoms with Gasteiger partial charge in [0.15, 0.2) is 0 Å². The molecule has 2 aliphatic carbocycles. The van der Waals surface area contributed by atoms with Gasteiger partial charge in [0.25, 0.3) is 0 Å². The van der Waals surface area contributed by atoms with Crippen LogP contribution in [0.2, 0.25) is 0 Å². The molecule has 3 aromatic rings. The predicted molar refractivity (Wildman–Crippen MR) is 162 cm³/mol. The lowest BCUT2D eigenvalue weighted by Crippen LogP contribution is -2.29. The molecule has 2 atom stereocenters. The molecule has 0 spiro atoms. The topological polar surface area (TPSA) is 65.0 Å². The van der Waals surface area contributed by atoms with Gasteiger partial charge in [-0.25, -0.2) is 0 Å². The number of benzene rings is 3.